The summed E-state index contributed by atoms with van der Waals surface area (Å²) in [5.74, 6) is 0.313. The number of thiophene rings is 1. The molecule has 0 atom stereocenters. The zero-order chi connectivity index (χ0) is 21.8. The molecular weight excluding hydrogens is 438 g/mol. The fourth-order valence-corrected chi connectivity index (χ4v) is 5.46. The second-order valence-corrected chi connectivity index (χ2v) is 10.0. The van der Waals surface area contributed by atoms with Gasteiger partial charge in [-0.25, -0.2) is 13.2 Å². The molecule has 0 saturated carbocycles. The molecule has 0 spiro atoms. The maximum absolute atomic E-state index is 12.7. The highest BCUT2D eigenvalue weighted by Gasteiger charge is 2.23. The minimum atomic E-state index is -3.76. The van der Waals surface area contributed by atoms with Crippen LogP contribution in [0.4, 0.5) is 10.5 Å². The van der Waals surface area contributed by atoms with Gasteiger partial charge in [0.05, 0.1) is 16.7 Å². The molecule has 1 fully saturated rings. The van der Waals surface area contributed by atoms with E-state index in [0.717, 1.165) is 16.2 Å². The predicted molar refractivity (Wildman–Crippen MR) is 118 cm³/mol. The summed E-state index contributed by atoms with van der Waals surface area (Å²) in [6, 6.07) is 14.9. The number of ether oxygens (including phenoxy) is 1. The summed E-state index contributed by atoms with van der Waals surface area (Å²) in [5.41, 5.74) is 1.07. The van der Waals surface area contributed by atoms with Crippen molar-refractivity contribution < 1.29 is 23.1 Å². The van der Waals surface area contributed by atoms with Gasteiger partial charge in [0, 0.05) is 25.0 Å². The van der Waals surface area contributed by atoms with Gasteiger partial charge in [-0.05, 0) is 61.4 Å². The van der Waals surface area contributed by atoms with Crippen molar-refractivity contribution in [2.75, 3.05) is 17.8 Å². The van der Waals surface area contributed by atoms with E-state index in [1.807, 2.05) is 12.1 Å². The number of anilines is 1. The molecule has 3 aromatic rings. The van der Waals surface area contributed by atoms with E-state index in [4.69, 9.17) is 4.74 Å². The van der Waals surface area contributed by atoms with Crippen LogP contribution in [0.5, 0.6) is 5.75 Å². The maximum Gasteiger partial charge on any atom is 0.415 e. The molecule has 162 valence electrons. The number of amides is 1. The van der Waals surface area contributed by atoms with Crippen molar-refractivity contribution in [1.82, 2.24) is 9.88 Å². The molecule has 1 saturated heterocycles. The summed E-state index contributed by atoms with van der Waals surface area (Å²) < 4.78 is 33.5. The normalized spacial score (nSPS) is 14.9. The van der Waals surface area contributed by atoms with Crippen LogP contribution in [0.15, 0.2) is 65.0 Å². The minimum Gasteiger partial charge on any atom is -0.410 e. The largest absolute Gasteiger partial charge is 0.415 e. The molecule has 4 rings (SSSR count). The van der Waals surface area contributed by atoms with E-state index in [-0.39, 0.29) is 10.3 Å². The van der Waals surface area contributed by atoms with Crippen LogP contribution in [0.2, 0.25) is 0 Å². The van der Waals surface area contributed by atoms with Crippen LogP contribution < -0.4 is 9.46 Å². The Labute approximate surface area is 184 Å². The van der Waals surface area contributed by atoms with E-state index >= 15 is 0 Å². The van der Waals surface area contributed by atoms with Gasteiger partial charge in [0.15, 0.2) is 0 Å². The van der Waals surface area contributed by atoms with E-state index in [1.165, 1.54) is 24.3 Å². The third-order valence-corrected chi connectivity index (χ3v) is 7.78. The third kappa shape index (κ3) is 5.22. The van der Waals surface area contributed by atoms with Crippen molar-refractivity contribution in [2.45, 2.75) is 23.2 Å². The molecule has 31 heavy (non-hydrogen) atoms. The van der Waals surface area contributed by atoms with Crippen LogP contribution in [0.1, 0.15) is 12.8 Å². The van der Waals surface area contributed by atoms with Gasteiger partial charge >= 0.3 is 6.09 Å². The van der Waals surface area contributed by atoms with Crippen LogP contribution in [-0.2, 0) is 10.0 Å². The second kappa shape index (κ2) is 9.04. The monoisotopic (exact) mass is 459 g/mol. The quantitative estimate of drug-likeness (QED) is 0.604. The standard InChI is InChI=1S/C21H21N3O5S2/c25-16-10-13-24(14-11-16)21(26)29-17-6-4-15(5-7-17)23-31(27,28)20-9-8-19(30-20)18-3-1-2-12-22-18/h1-9,12,16,23,25H,10-11,13-14H2. The number of piperidine rings is 1. The Morgan fingerprint density at radius 1 is 1.10 bits per heavy atom. The van der Waals surface area contributed by atoms with Crippen molar-refractivity contribution in [3.63, 3.8) is 0 Å². The van der Waals surface area contributed by atoms with Crippen molar-refractivity contribution in [2.24, 2.45) is 0 Å². The van der Waals surface area contributed by atoms with Crippen molar-refractivity contribution in [1.29, 1.82) is 0 Å². The molecule has 1 amide bonds. The van der Waals surface area contributed by atoms with Gasteiger partial charge in [-0.2, -0.15) is 0 Å². The number of nitrogens with zero attached hydrogens (tertiary/aromatic N) is 2. The van der Waals surface area contributed by atoms with Gasteiger partial charge in [-0.15, -0.1) is 11.3 Å². The number of benzene rings is 1. The van der Waals surface area contributed by atoms with E-state index < -0.39 is 16.1 Å². The van der Waals surface area contributed by atoms with Crippen LogP contribution in [0.25, 0.3) is 10.6 Å². The molecule has 10 heteroatoms. The highest BCUT2D eigenvalue weighted by Crippen LogP contribution is 2.30. The van der Waals surface area contributed by atoms with Gasteiger partial charge in [0.2, 0.25) is 0 Å². The molecule has 3 heterocycles. The number of sulfonamides is 1. The number of carbonyl (C=O) groups is 1. The number of likely N-dealkylation sites (tertiary alicyclic amines) is 1. The molecule has 1 aromatic carbocycles. The smallest absolute Gasteiger partial charge is 0.410 e. The number of aliphatic hydroxyl groups is 1. The number of aliphatic hydroxyl groups excluding tert-OH is 1. The number of aromatic nitrogens is 1. The zero-order valence-corrected chi connectivity index (χ0v) is 18.1. The molecule has 1 aliphatic heterocycles. The Morgan fingerprint density at radius 3 is 2.52 bits per heavy atom. The zero-order valence-electron chi connectivity index (χ0n) is 16.5. The highest BCUT2D eigenvalue weighted by molar-refractivity contribution is 7.94. The lowest BCUT2D eigenvalue weighted by Gasteiger charge is -2.28. The summed E-state index contributed by atoms with van der Waals surface area (Å²) >= 11 is 1.13. The Bertz CT molecular complexity index is 1140. The Balaban J connectivity index is 1.39. The highest BCUT2D eigenvalue weighted by atomic mass is 32.2. The van der Waals surface area contributed by atoms with Crippen molar-refractivity contribution in [3.05, 3.63) is 60.8 Å². The average Bonchev–Trinajstić information content (AvgIpc) is 3.27. The Kier molecular flexibility index (Phi) is 6.21. The first-order valence-electron chi connectivity index (χ1n) is 9.70. The fourth-order valence-electron chi connectivity index (χ4n) is 3.12. The number of nitrogens with one attached hydrogen (secondary N) is 1. The lowest BCUT2D eigenvalue weighted by Crippen LogP contribution is -2.41. The van der Waals surface area contributed by atoms with E-state index in [0.29, 0.717) is 43.1 Å². The summed E-state index contributed by atoms with van der Waals surface area (Å²) in [6.07, 6.45) is 1.85. The molecule has 0 bridgehead atoms. The lowest BCUT2D eigenvalue weighted by molar-refractivity contribution is 0.0798. The molecule has 0 unspecified atom stereocenters. The summed E-state index contributed by atoms with van der Waals surface area (Å²) in [5, 5.41) is 9.53. The van der Waals surface area contributed by atoms with E-state index in [1.54, 1.807) is 29.3 Å². The van der Waals surface area contributed by atoms with Crippen molar-refractivity contribution in [3.8, 4) is 16.3 Å². The maximum atomic E-state index is 12.7. The Morgan fingerprint density at radius 2 is 1.84 bits per heavy atom. The van der Waals surface area contributed by atoms with Gasteiger partial charge < -0.3 is 14.7 Å². The second-order valence-electron chi connectivity index (χ2n) is 7.05. The van der Waals surface area contributed by atoms with E-state index in [9.17, 15) is 18.3 Å². The van der Waals surface area contributed by atoms with Crippen LogP contribution >= 0.6 is 11.3 Å². The van der Waals surface area contributed by atoms with Gasteiger partial charge in [0.1, 0.15) is 9.96 Å². The van der Waals surface area contributed by atoms with Crippen LogP contribution in [0.3, 0.4) is 0 Å². The average molecular weight is 460 g/mol. The van der Waals surface area contributed by atoms with Crippen molar-refractivity contribution >= 4 is 33.1 Å². The molecule has 0 aliphatic carbocycles. The Hall–Kier alpha value is -2.95. The van der Waals surface area contributed by atoms with E-state index in [2.05, 4.69) is 9.71 Å². The van der Waals surface area contributed by atoms with Gasteiger partial charge in [-0.3, -0.25) is 9.71 Å². The minimum absolute atomic E-state index is 0.177. The molecule has 1 aliphatic rings. The molecule has 0 radical (unpaired) electrons. The summed E-state index contributed by atoms with van der Waals surface area (Å²) in [6.45, 7) is 0.887. The first-order valence-corrected chi connectivity index (χ1v) is 12.0. The molecular formula is C21H21N3O5S2. The van der Waals surface area contributed by atoms with Crippen LogP contribution in [0, 0.1) is 0 Å². The number of carbonyl (C=O) groups excluding carboxylic acids is 1. The topological polar surface area (TPSA) is 109 Å². The number of hydrogen-bond donors (Lipinski definition) is 2. The number of hydrogen-bond acceptors (Lipinski definition) is 7. The molecule has 2 aromatic heterocycles. The summed E-state index contributed by atoms with van der Waals surface area (Å²) in [4.78, 5) is 18.7. The predicted octanol–water partition coefficient (Wildman–Crippen LogP) is 3.57. The number of rotatable bonds is 5. The van der Waals surface area contributed by atoms with Crippen LogP contribution in [-0.4, -0.2) is 48.7 Å². The first kappa shape index (κ1) is 21.3. The first-order chi connectivity index (χ1) is 14.9. The fraction of sp³-hybridized carbons (Fsp3) is 0.238. The van der Waals surface area contributed by atoms with Gasteiger partial charge in [-0.1, -0.05) is 6.07 Å². The SMILES string of the molecule is O=C(Oc1ccc(NS(=O)(=O)c2ccc(-c3ccccn3)s2)cc1)N1CCC(O)CC1. The lowest BCUT2D eigenvalue weighted by atomic mass is 10.1. The number of pyridine rings is 1. The molecule has 8 nitrogen and oxygen atoms in total. The van der Waals surface area contributed by atoms with Gasteiger partial charge in [0.25, 0.3) is 10.0 Å². The third-order valence-electron chi connectivity index (χ3n) is 4.80. The summed E-state index contributed by atoms with van der Waals surface area (Å²) in [7, 11) is -3.76. The molecule has 2 N–H and O–H groups in total.